The number of anilines is 8. The molecule has 1 aromatic heterocycles. The predicted octanol–water partition coefficient (Wildman–Crippen LogP) is 20.0. The molecule has 3 heterocycles. The molecule has 12 aromatic carbocycles. The monoisotopic (exact) mass is 1060 g/mol. The number of furan rings is 1. The van der Waals surface area contributed by atoms with Crippen LogP contribution in [0.4, 0.5) is 45.5 Å². The summed E-state index contributed by atoms with van der Waals surface area (Å²) in [7, 11) is 0. The molecule has 83 heavy (non-hydrogen) atoms. The van der Waals surface area contributed by atoms with E-state index in [9.17, 15) is 0 Å². The van der Waals surface area contributed by atoms with Crippen LogP contribution in [0, 0.1) is 0 Å². The molecule has 0 saturated heterocycles. The van der Waals surface area contributed by atoms with E-state index in [2.05, 4.69) is 324 Å². The Bertz CT molecular complexity index is 4620. The summed E-state index contributed by atoms with van der Waals surface area (Å²) in [5, 5.41) is 2.17. The second kappa shape index (κ2) is 20.2. The minimum atomic E-state index is -0.269. The third kappa shape index (κ3) is 8.39. The SMILES string of the molecule is C1=CCC(c2ccc(N(c3ccc(-c4ccccc4)cc3)c3ccc4c(c3)-c3c5c(cc6c3oc3ccccc36)N(c3ccc(-c6ccccc6)cc3)c3ccc(-c6ccccc6)cc3B5N4c3ccc(-c4ccccc4)cc3)cc2)C=C1. The van der Waals surface area contributed by atoms with E-state index in [0.29, 0.717) is 5.92 Å². The van der Waals surface area contributed by atoms with Crippen molar-refractivity contribution < 1.29 is 4.42 Å². The molecule has 4 nitrogen and oxygen atoms in total. The van der Waals surface area contributed by atoms with Gasteiger partial charge in [-0.3, -0.25) is 0 Å². The molecular weight excluding hydrogens is 1010 g/mol. The zero-order valence-corrected chi connectivity index (χ0v) is 45.6. The summed E-state index contributed by atoms with van der Waals surface area (Å²) in [5.41, 5.74) is 25.7. The molecule has 390 valence electrons. The number of rotatable bonds is 10. The van der Waals surface area contributed by atoms with Crippen molar-refractivity contribution in [3.8, 4) is 55.6 Å². The predicted molar refractivity (Wildman–Crippen MR) is 350 cm³/mol. The lowest BCUT2D eigenvalue weighted by Crippen LogP contribution is -2.61. The first kappa shape index (κ1) is 48.3. The Morgan fingerprint density at radius 3 is 1.51 bits per heavy atom. The summed E-state index contributed by atoms with van der Waals surface area (Å²) in [6.45, 7) is -0.269. The molecule has 0 radical (unpaired) electrons. The highest BCUT2D eigenvalue weighted by molar-refractivity contribution is 6.94. The Labute approximate surface area is 484 Å². The van der Waals surface area contributed by atoms with E-state index < -0.39 is 0 Å². The molecule has 1 unspecified atom stereocenters. The number of fused-ring (bicyclic) bond motifs is 8. The second-order valence-electron chi connectivity index (χ2n) is 21.9. The van der Waals surface area contributed by atoms with E-state index in [1.807, 2.05) is 0 Å². The molecule has 0 spiro atoms. The van der Waals surface area contributed by atoms with Gasteiger partial charge in [0.05, 0.1) is 0 Å². The van der Waals surface area contributed by atoms with Gasteiger partial charge in [-0.05, 0) is 152 Å². The first-order valence-electron chi connectivity index (χ1n) is 28.8. The molecule has 0 saturated carbocycles. The summed E-state index contributed by atoms with van der Waals surface area (Å²) in [4.78, 5) is 7.55. The van der Waals surface area contributed by atoms with Crippen LogP contribution in [-0.4, -0.2) is 6.85 Å². The Morgan fingerprint density at radius 1 is 0.398 bits per heavy atom. The first-order chi connectivity index (χ1) is 41.2. The third-order valence-electron chi connectivity index (χ3n) is 17.2. The van der Waals surface area contributed by atoms with Crippen LogP contribution in [0.25, 0.3) is 77.6 Å². The van der Waals surface area contributed by atoms with Gasteiger partial charge in [-0.2, -0.15) is 0 Å². The summed E-state index contributed by atoms with van der Waals surface area (Å²) in [6.07, 6.45) is 9.89. The van der Waals surface area contributed by atoms with Crippen molar-refractivity contribution in [3.63, 3.8) is 0 Å². The zero-order valence-electron chi connectivity index (χ0n) is 45.6. The van der Waals surface area contributed by atoms with Gasteiger partial charge in [0, 0.05) is 73.3 Å². The largest absolute Gasteiger partial charge is 0.455 e. The number of nitrogens with zero attached hydrogens (tertiary/aromatic N) is 3. The third-order valence-corrected chi connectivity index (χ3v) is 17.2. The molecule has 16 rings (SSSR count). The van der Waals surface area contributed by atoms with E-state index >= 15 is 0 Å². The van der Waals surface area contributed by atoms with Crippen LogP contribution in [0.15, 0.2) is 314 Å². The standard InChI is InChI=1S/C78H54BN3O/c1-6-18-53(19-7-1)58-30-39-63(40-31-58)80(64-41-32-59(33-42-64)54-20-8-2-9-21-54)67-47-49-72-70(51-67)76-77-74(52-69-68-28-16-17-29-75(68)83-78(69)76)81(65-43-34-60(35-44-65)55-22-10-3-11-23-55)73-48-38-62(57-26-14-5-15-27-57)50-71(73)79(77)82(72)66-45-36-61(37-46-66)56-24-12-4-13-25-56/h1-20,22-52,54H,21H2. The highest BCUT2D eigenvalue weighted by Crippen LogP contribution is 2.53. The fourth-order valence-corrected chi connectivity index (χ4v) is 13.2. The quantitative estimate of drug-likeness (QED) is 0.127. The van der Waals surface area contributed by atoms with Crippen molar-refractivity contribution in [2.45, 2.75) is 12.3 Å². The summed E-state index contributed by atoms with van der Waals surface area (Å²) in [5.74, 6) is 0.336. The van der Waals surface area contributed by atoms with E-state index in [-0.39, 0.29) is 6.85 Å². The van der Waals surface area contributed by atoms with Crippen LogP contribution < -0.4 is 25.5 Å². The number of benzene rings is 12. The Hall–Kier alpha value is -10.6. The minimum absolute atomic E-state index is 0.269. The average Bonchev–Trinajstić information content (AvgIpc) is 2.38. The van der Waals surface area contributed by atoms with Crippen LogP contribution in [0.2, 0.25) is 0 Å². The fourth-order valence-electron chi connectivity index (χ4n) is 13.2. The van der Waals surface area contributed by atoms with Crippen molar-refractivity contribution in [1.82, 2.24) is 0 Å². The highest BCUT2D eigenvalue weighted by atomic mass is 16.3. The number of allylic oxidation sites excluding steroid dienone is 4. The number of hydrogen-bond acceptors (Lipinski definition) is 4. The smallest absolute Gasteiger partial charge is 0.333 e. The van der Waals surface area contributed by atoms with E-state index in [0.717, 1.165) is 90.5 Å². The molecule has 2 aliphatic heterocycles. The van der Waals surface area contributed by atoms with Crippen LogP contribution in [0.1, 0.15) is 17.9 Å². The van der Waals surface area contributed by atoms with Crippen LogP contribution in [-0.2, 0) is 0 Å². The molecule has 1 atom stereocenters. The lowest BCUT2D eigenvalue weighted by molar-refractivity contribution is 0.670. The molecule has 0 bridgehead atoms. The normalized spacial score (nSPS) is 13.9. The van der Waals surface area contributed by atoms with Gasteiger partial charge in [0.15, 0.2) is 0 Å². The lowest BCUT2D eigenvalue weighted by atomic mass is 9.43. The summed E-state index contributed by atoms with van der Waals surface area (Å²) < 4.78 is 7.31. The average molecular weight is 1060 g/mol. The van der Waals surface area contributed by atoms with Crippen LogP contribution in [0.3, 0.4) is 0 Å². The van der Waals surface area contributed by atoms with Crippen molar-refractivity contribution in [2.24, 2.45) is 0 Å². The highest BCUT2D eigenvalue weighted by Gasteiger charge is 2.47. The Morgan fingerprint density at radius 2 is 0.904 bits per heavy atom. The minimum Gasteiger partial charge on any atom is -0.455 e. The Kier molecular flexibility index (Phi) is 11.7. The van der Waals surface area contributed by atoms with Crippen LogP contribution in [0.5, 0.6) is 0 Å². The topological polar surface area (TPSA) is 22.9 Å². The van der Waals surface area contributed by atoms with Crippen molar-refractivity contribution in [3.05, 3.63) is 315 Å². The van der Waals surface area contributed by atoms with E-state index in [4.69, 9.17) is 4.42 Å². The summed E-state index contributed by atoms with van der Waals surface area (Å²) in [6, 6.07) is 105. The fraction of sp³-hybridized carbons (Fsp3) is 0.0256. The van der Waals surface area contributed by atoms with Crippen molar-refractivity contribution >= 4 is 85.2 Å². The van der Waals surface area contributed by atoms with E-state index in [1.165, 1.54) is 55.4 Å². The van der Waals surface area contributed by atoms with Gasteiger partial charge in [0.1, 0.15) is 11.2 Å². The molecule has 0 amide bonds. The van der Waals surface area contributed by atoms with Crippen molar-refractivity contribution in [2.75, 3.05) is 14.6 Å². The van der Waals surface area contributed by atoms with Gasteiger partial charge < -0.3 is 19.0 Å². The van der Waals surface area contributed by atoms with Gasteiger partial charge in [-0.1, -0.05) is 224 Å². The summed E-state index contributed by atoms with van der Waals surface area (Å²) >= 11 is 0. The molecule has 13 aromatic rings. The molecule has 1 aliphatic carbocycles. The first-order valence-corrected chi connectivity index (χ1v) is 28.8. The van der Waals surface area contributed by atoms with Gasteiger partial charge in [0.2, 0.25) is 0 Å². The lowest BCUT2D eigenvalue weighted by Gasteiger charge is -2.46. The number of para-hydroxylation sites is 1. The number of hydrogen-bond donors (Lipinski definition) is 0. The maximum absolute atomic E-state index is 7.31. The Balaban J connectivity index is 0.969. The molecule has 3 aliphatic rings. The maximum Gasteiger partial charge on any atom is 0.333 e. The van der Waals surface area contributed by atoms with Crippen LogP contribution >= 0.6 is 0 Å². The molecule has 0 fully saturated rings. The second-order valence-corrected chi connectivity index (χ2v) is 21.9. The molecular formula is C78H54BN3O. The molecule has 5 heteroatoms. The van der Waals surface area contributed by atoms with Crippen molar-refractivity contribution in [1.29, 1.82) is 0 Å². The van der Waals surface area contributed by atoms with Gasteiger partial charge in [-0.15, -0.1) is 0 Å². The van der Waals surface area contributed by atoms with Gasteiger partial charge in [0.25, 0.3) is 0 Å². The van der Waals surface area contributed by atoms with E-state index in [1.54, 1.807) is 0 Å². The maximum atomic E-state index is 7.31. The van der Waals surface area contributed by atoms with Gasteiger partial charge >= 0.3 is 6.85 Å². The zero-order chi connectivity index (χ0) is 54.8. The van der Waals surface area contributed by atoms with Gasteiger partial charge in [-0.25, -0.2) is 0 Å². The molecule has 0 N–H and O–H groups in total.